The minimum atomic E-state index is -0.142. The third kappa shape index (κ3) is 6.05. The number of hydrogen-bond donors (Lipinski definition) is 3. The van der Waals surface area contributed by atoms with Crippen LogP contribution in [0.3, 0.4) is 0 Å². The molecular formula is C26H28N6O. The lowest BCUT2D eigenvalue weighted by atomic mass is 10.1. The fourth-order valence-corrected chi connectivity index (χ4v) is 3.43. The van der Waals surface area contributed by atoms with E-state index in [0.717, 1.165) is 47.8 Å². The summed E-state index contributed by atoms with van der Waals surface area (Å²) in [6, 6.07) is 22.7. The van der Waals surface area contributed by atoms with Crippen LogP contribution in [0.15, 0.2) is 79.0 Å². The maximum Gasteiger partial charge on any atom is 0.255 e. The van der Waals surface area contributed by atoms with Crippen LogP contribution in [0.1, 0.15) is 16.8 Å². The average Bonchev–Trinajstić information content (AvgIpc) is 2.83. The Bertz CT molecular complexity index is 1210. The standard InChI is InChI=1S/C26H28N6O/c1-32(2)18-6-16-27-24-14-13-22-23(15-17-28-25(22)31-24)29-21-11-9-19(10-12-21)26(33)30-20-7-4-3-5-8-20/h3-5,7-15,17H,6,16,18H2,1-2H3,(H,30,33)(H2,27,28,29,31). The van der Waals surface area contributed by atoms with Crippen LogP contribution in [0.2, 0.25) is 0 Å². The first-order valence-electron chi connectivity index (χ1n) is 11.0. The third-order valence-electron chi connectivity index (χ3n) is 5.15. The second-order valence-electron chi connectivity index (χ2n) is 8.03. The molecule has 0 atom stereocenters. The first-order valence-corrected chi connectivity index (χ1v) is 11.0. The first-order chi connectivity index (χ1) is 16.1. The van der Waals surface area contributed by atoms with Crippen LogP contribution in [-0.2, 0) is 0 Å². The smallest absolute Gasteiger partial charge is 0.255 e. The molecule has 2 heterocycles. The summed E-state index contributed by atoms with van der Waals surface area (Å²) in [6.07, 6.45) is 2.79. The number of carbonyl (C=O) groups is 1. The number of aromatic nitrogens is 2. The van der Waals surface area contributed by atoms with Crippen molar-refractivity contribution in [3.63, 3.8) is 0 Å². The van der Waals surface area contributed by atoms with Gasteiger partial charge >= 0.3 is 0 Å². The summed E-state index contributed by atoms with van der Waals surface area (Å²) in [4.78, 5) is 23.7. The Morgan fingerprint density at radius 2 is 1.70 bits per heavy atom. The highest BCUT2D eigenvalue weighted by molar-refractivity contribution is 6.04. The second-order valence-corrected chi connectivity index (χ2v) is 8.03. The van der Waals surface area contributed by atoms with Crippen molar-refractivity contribution < 1.29 is 4.79 Å². The van der Waals surface area contributed by atoms with Gasteiger partial charge in [-0.05, 0) is 81.7 Å². The Kier molecular flexibility index (Phi) is 7.12. The fraction of sp³-hybridized carbons (Fsp3) is 0.192. The summed E-state index contributed by atoms with van der Waals surface area (Å²) in [7, 11) is 4.14. The summed E-state index contributed by atoms with van der Waals surface area (Å²) in [5.41, 5.74) is 3.83. The zero-order chi connectivity index (χ0) is 23.0. The molecule has 0 aliphatic carbocycles. The van der Waals surface area contributed by atoms with Gasteiger partial charge in [-0.1, -0.05) is 18.2 Å². The van der Waals surface area contributed by atoms with Crippen LogP contribution in [0.5, 0.6) is 0 Å². The summed E-state index contributed by atoms with van der Waals surface area (Å²) < 4.78 is 0. The molecule has 0 saturated heterocycles. The van der Waals surface area contributed by atoms with E-state index in [1.807, 2.05) is 60.7 Å². The number of hydrogen-bond acceptors (Lipinski definition) is 6. The van der Waals surface area contributed by atoms with Crippen molar-refractivity contribution in [3.05, 3.63) is 84.6 Å². The third-order valence-corrected chi connectivity index (χ3v) is 5.15. The molecule has 4 aromatic rings. The van der Waals surface area contributed by atoms with Gasteiger partial charge < -0.3 is 20.9 Å². The molecule has 0 aliphatic rings. The Morgan fingerprint density at radius 1 is 0.909 bits per heavy atom. The lowest BCUT2D eigenvalue weighted by molar-refractivity contribution is 0.102. The molecule has 0 fully saturated rings. The van der Waals surface area contributed by atoms with Gasteiger partial charge in [0, 0.05) is 35.1 Å². The van der Waals surface area contributed by atoms with E-state index in [1.165, 1.54) is 0 Å². The van der Waals surface area contributed by atoms with Crippen LogP contribution in [0, 0.1) is 0 Å². The van der Waals surface area contributed by atoms with Gasteiger partial charge in [-0.15, -0.1) is 0 Å². The highest BCUT2D eigenvalue weighted by atomic mass is 16.1. The highest BCUT2D eigenvalue weighted by Gasteiger charge is 2.08. The van der Waals surface area contributed by atoms with Crippen molar-refractivity contribution >= 4 is 39.8 Å². The van der Waals surface area contributed by atoms with Gasteiger partial charge in [0.2, 0.25) is 0 Å². The van der Waals surface area contributed by atoms with Crippen LogP contribution in [0.4, 0.5) is 22.9 Å². The number of para-hydroxylation sites is 1. The molecule has 0 radical (unpaired) electrons. The molecule has 4 rings (SSSR count). The van der Waals surface area contributed by atoms with E-state index in [2.05, 4.69) is 44.9 Å². The summed E-state index contributed by atoms with van der Waals surface area (Å²) in [5, 5.41) is 10.6. The lowest BCUT2D eigenvalue weighted by Gasteiger charge is -2.12. The van der Waals surface area contributed by atoms with Crippen molar-refractivity contribution in [2.24, 2.45) is 0 Å². The Labute approximate surface area is 193 Å². The molecule has 33 heavy (non-hydrogen) atoms. The Morgan fingerprint density at radius 3 is 2.45 bits per heavy atom. The number of amides is 1. The van der Waals surface area contributed by atoms with E-state index in [9.17, 15) is 4.79 Å². The minimum absolute atomic E-state index is 0.142. The number of anilines is 4. The van der Waals surface area contributed by atoms with Gasteiger partial charge in [0.1, 0.15) is 5.82 Å². The van der Waals surface area contributed by atoms with Gasteiger partial charge in [-0.25, -0.2) is 9.97 Å². The topological polar surface area (TPSA) is 82.2 Å². The molecule has 0 spiro atoms. The van der Waals surface area contributed by atoms with Crippen molar-refractivity contribution in [2.75, 3.05) is 43.1 Å². The van der Waals surface area contributed by atoms with Crippen molar-refractivity contribution in [2.45, 2.75) is 6.42 Å². The van der Waals surface area contributed by atoms with E-state index in [0.29, 0.717) is 11.2 Å². The van der Waals surface area contributed by atoms with E-state index in [1.54, 1.807) is 18.3 Å². The normalized spacial score (nSPS) is 10.9. The molecular weight excluding hydrogens is 412 g/mol. The summed E-state index contributed by atoms with van der Waals surface area (Å²) in [5.74, 6) is 0.677. The molecule has 2 aromatic heterocycles. The van der Waals surface area contributed by atoms with Gasteiger partial charge in [0.15, 0.2) is 5.65 Å². The molecule has 0 saturated carbocycles. The number of benzene rings is 2. The average molecular weight is 441 g/mol. The zero-order valence-corrected chi connectivity index (χ0v) is 18.9. The summed E-state index contributed by atoms with van der Waals surface area (Å²) in [6.45, 7) is 1.89. The number of carbonyl (C=O) groups excluding carboxylic acids is 1. The molecule has 0 unspecified atom stereocenters. The largest absolute Gasteiger partial charge is 0.370 e. The second kappa shape index (κ2) is 10.6. The van der Waals surface area contributed by atoms with Gasteiger partial charge in [-0.2, -0.15) is 0 Å². The lowest BCUT2D eigenvalue weighted by Crippen LogP contribution is -2.16. The van der Waals surface area contributed by atoms with Crippen LogP contribution in [-0.4, -0.2) is 48.0 Å². The number of pyridine rings is 2. The van der Waals surface area contributed by atoms with Crippen molar-refractivity contribution in [3.8, 4) is 0 Å². The van der Waals surface area contributed by atoms with Crippen LogP contribution >= 0.6 is 0 Å². The number of nitrogens with zero attached hydrogens (tertiary/aromatic N) is 3. The maximum absolute atomic E-state index is 12.5. The highest BCUT2D eigenvalue weighted by Crippen LogP contribution is 2.25. The number of rotatable bonds is 9. The maximum atomic E-state index is 12.5. The van der Waals surface area contributed by atoms with E-state index in [-0.39, 0.29) is 5.91 Å². The van der Waals surface area contributed by atoms with Crippen molar-refractivity contribution in [1.82, 2.24) is 14.9 Å². The van der Waals surface area contributed by atoms with Gasteiger partial charge in [-0.3, -0.25) is 4.79 Å². The Balaban J connectivity index is 1.42. The Hall–Kier alpha value is -3.97. The predicted octanol–water partition coefficient (Wildman–Crippen LogP) is 4.99. The van der Waals surface area contributed by atoms with Crippen molar-refractivity contribution in [1.29, 1.82) is 0 Å². The predicted molar refractivity (Wildman–Crippen MR) is 135 cm³/mol. The minimum Gasteiger partial charge on any atom is -0.370 e. The molecule has 2 aromatic carbocycles. The zero-order valence-electron chi connectivity index (χ0n) is 18.9. The van der Waals surface area contributed by atoms with E-state index >= 15 is 0 Å². The molecule has 0 aliphatic heterocycles. The SMILES string of the molecule is CN(C)CCCNc1ccc2c(Nc3ccc(C(=O)Nc4ccccc4)cc3)ccnc2n1. The van der Waals surface area contributed by atoms with Gasteiger partial charge in [0.05, 0.1) is 5.69 Å². The quantitative estimate of drug-likeness (QED) is 0.318. The molecule has 3 N–H and O–H groups in total. The molecule has 7 nitrogen and oxygen atoms in total. The molecule has 1 amide bonds. The van der Waals surface area contributed by atoms with Gasteiger partial charge in [0.25, 0.3) is 5.91 Å². The molecule has 7 heteroatoms. The number of nitrogens with one attached hydrogen (secondary N) is 3. The van der Waals surface area contributed by atoms with Crippen LogP contribution in [0.25, 0.3) is 11.0 Å². The summed E-state index contributed by atoms with van der Waals surface area (Å²) >= 11 is 0. The van der Waals surface area contributed by atoms with E-state index < -0.39 is 0 Å². The molecule has 168 valence electrons. The molecule has 0 bridgehead atoms. The monoisotopic (exact) mass is 440 g/mol. The number of fused-ring (bicyclic) bond motifs is 1. The fourth-order valence-electron chi connectivity index (χ4n) is 3.43. The van der Waals surface area contributed by atoms with Crippen LogP contribution < -0.4 is 16.0 Å². The van der Waals surface area contributed by atoms with E-state index in [4.69, 9.17) is 0 Å². The first kappa shape index (κ1) is 22.2.